The van der Waals surface area contributed by atoms with E-state index in [9.17, 15) is 17.6 Å². The third-order valence-corrected chi connectivity index (χ3v) is 7.26. The van der Waals surface area contributed by atoms with Crippen molar-refractivity contribution >= 4 is 27.4 Å². The summed E-state index contributed by atoms with van der Waals surface area (Å²) in [4.78, 5) is 21.3. The lowest BCUT2D eigenvalue weighted by Gasteiger charge is -2.43. The molecule has 0 saturated carbocycles. The van der Waals surface area contributed by atoms with Crippen LogP contribution in [0.2, 0.25) is 0 Å². The number of anilines is 2. The number of nitrogens with zero attached hydrogens (tertiary/aromatic N) is 3. The quantitative estimate of drug-likeness (QED) is 0.589. The van der Waals surface area contributed by atoms with Crippen LogP contribution in [0.15, 0.2) is 29.4 Å². The van der Waals surface area contributed by atoms with Crippen LogP contribution in [-0.2, 0) is 14.6 Å². The molecule has 35 heavy (non-hydrogen) atoms. The van der Waals surface area contributed by atoms with Gasteiger partial charge in [-0.2, -0.15) is 9.37 Å². The van der Waals surface area contributed by atoms with E-state index in [1.807, 2.05) is 13.8 Å². The van der Waals surface area contributed by atoms with E-state index in [1.54, 1.807) is 18.7 Å². The molecule has 192 valence electrons. The molecule has 1 aliphatic heterocycles. The topological polar surface area (TPSA) is 111 Å². The zero-order valence-corrected chi connectivity index (χ0v) is 21.2. The average molecular weight is 513 g/mol. The first kappa shape index (κ1) is 26.6. The molecule has 2 unspecified atom stereocenters. The van der Waals surface area contributed by atoms with Crippen LogP contribution >= 0.6 is 0 Å². The summed E-state index contributed by atoms with van der Waals surface area (Å²) in [5.41, 5.74) is -0.505. The minimum absolute atomic E-state index is 0.0425. The second-order valence-corrected chi connectivity index (χ2v) is 11.4. The predicted molar refractivity (Wildman–Crippen MR) is 125 cm³/mol. The van der Waals surface area contributed by atoms with Gasteiger partial charge in [0.25, 0.3) is 5.88 Å². The van der Waals surface area contributed by atoms with Gasteiger partial charge in [0.15, 0.2) is 15.7 Å². The summed E-state index contributed by atoms with van der Waals surface area (Å²) in [5.74, 6) is -2.36. The van der Waals surface area contributed by atoms with Crippen molar-refractivity contribution in [3.63, 3.8) is 0 Å². The summed E-state index contributed by atoms with van der Waals surface area (Å²) in [5, 5.41) is 2.52. The average Bonchev–Trinajstić information content (AvgIpc) is 2.76. The monoisotopic (exact) mass is 512 g/mol. The van der Waals surface area contributed by atoms with E-state index in [0.717, 1.165) is 18.6 Å². The maximum absolute atomic E-state index is 15.0. The number of sulfone groups is 1. The number of halogens is 2. The number of carbonyl (C=O) groups is 1. The Hall–Kier alpha value is -3.02. The van der Waals surface area contributed by atoms with E-state index in [1.165, 1.54) is 12.1 Å². The molecule has 1 amide bonds. The van der Waals surface area contributed by atoms with Crippen molar-refractivity contribution in [3.8, 4) is 5.88 Å². The molecule has 1 aliphatic rings. The van der Waals surface area contributed by atoms with E-state index >= 15 is 4.39 Å². The number of amides is 1. The second-order valence-electron chi connectivity index (χ2n) is 9.35. The number of benzene rings is 1. The minimum Gasteiger partial charge on any atom is -0.475 e. The van der Waals surface area contributed by atoms with Gasteiger partial charge in [0, 0.05) is 24.8 Å². The maximum Gasteiger partial charge on any atom is 0.410 e. The van der Waals surface area contributed by atoms with Crippen LogP contribution in [0.25, 0.3) is 0 Å². The Morgan fingerprint density at radius 2 is 2.03 bits per heavy atom. The summed E-state index contributed by atoms with van der Waals surface area (Å²) < 4.78 is 63.6. The Morgan fingerprint density at radius 1 is 1.31 bits per heavy atom. The van der Waals surface area contributed by atoms with Crippen LogP contribution in [0.5, 0.6) is 5.88 Å². The van der Waals surface area contributed by atoms with Gasteiger partial charge in [-0.15, -0.1) is 0 Å². The number of likely N-dealkylation sites (tertiary alicyclic amines) is 1. The minimum atomic E-state index is -3.59. The Morgan fingerprint density at radius 3 is 2.63 bits per heavy atom. The second kappa shape index (κ2) is 10.3. The number of ether oxygens (including phenoxy) is 2. The van der Waals surface area contributed by atoms with E-state index in [-0.39, 0.29) is 52.4 Å². The molecule has 12 heteroatoms. The number of piperidine rings is 1. The van der Waals surface area contributed by atoms with Gasteiger partial charge >= 0.3 is 6.09 Å². The first-order valence-electron chi connectivity index (χ1n) is 11.2. The lowest BCUT2D eigenvalue weighted by molar-refractivity contribution is 0.00438. The van der Waals surface area contributed by atoms with Crippen molar-refractivity contribution in [2.45, 2.75) is 45.1 Å². The number of nitrogens with one attached hydrogen (secondary N) is 1. The highest BCUT2D eigenvalue weighted by molar-refractivity contribution is 7.90. The van der Waals surface area contributed by atoms with E-state index in [0.29, 0.717) is 19.5 Å². The summed E-state index contributed by atoms with van der Waals surface area (Å²) in [7, 11) is -3.59. The summed E-state index contributed by atoms with van der Waals surface area (Å²) in [6.45, 7) is 8.68. The van der Waals surface area contributed by atoms with Crippen LogP contribution in [0.3, 0.4) is 0 Å². The molecule has 2 aromatic rings. The zero-order chi connectivity index (χ0) is 26.0. The van der Waals surface area contributed by atoms with Gasteiger partial charge in [-0.1, -0.05) is 13.8 Å². The van der Waals surface area contributed by atoms with Crippen LogP contribution < -0.4 is 10.1 Å². The van der Waals surface area contributed by atoms with Gasteiger partial charge in [0.1, 0.15) is 12.1 Å². The molecular formula is C23H30F2N4O5S. The number of hydrogen-bond acceptors (Lipinski definition) is 8. The molecule has 0 radical (unpaired) electrons. The van der Waals surface area contributed by atoms with E-state index in [2.05, 4.69) is 15.3 Å². The number of rotatable bonds is 7. The molecule has 1 saturated heterocycles. The molecule has 1 N–H and O–H groups in total. The van der Waals surface area contributed by atoms with Gasteiger partial charge in [0.2, 0.25) is 5.82 Å². The SMILES string of the molecule is CC(C)OC(=O)N1CCC(C)(COc2ncnc(Nc3ccc(S(C)(=O)=O)cc3F)c2F)C(C)C1. The molecule has 1 fully saturated rings. The van der Waals surface area contributed by atoms with Gasteiger partial charge in [0.05, 0.1) is 23.3 Å². The molecule has 2 heterocycles. The molecule has 1 aromatic carbocycles. The Labute approximate surface area is 203 Å². The highest BCUT2D eigenvalue weighted by atomic mass is 32.2. The van der Waals surface area contributed by atoms with Crippen molar-refractivity contribution < 1.29 is 31.5 Å². The van der Waals surface area contributed by atoms with Crippen molar-refractivity contribution in [1.82, 2.24) is 14.9 Å². The lowest BCUT2D eigenvalue weighted by atomic mass is 9.73. The highest BCUT2D eigenvalue weighted by Gasteiger charge is 2.39. The molecule has 1 aromatic heterocycles. The number of aromatic nitrogens is 2. The fraction of sp³-hybridized carbons (Fsp3) is 0.522. The number of hydrogen-bond donors (Lipinski definition) is 1. The Balaban J connectivity index is 1.68. The molecule has 0 spiro atoms. The predicted octanol–water partition coefficient (Wildman–Crippen LogP) is 4.17. The van der Waals surface area contributed by atoms with Crippen molar-refractivity contribution in [3.05, 3.63) is 36.2 Å². The third-order valence-electron chi connectivity index (χ3n) is 6.15. The van der Waals surface area contributed by atoms with Crippen LogP contribution in [0.4, 0.5) is 25.1 Å². The molecule has 3 rings (SSSR count). The third kappa shape index (κ3) is 6.36. The van der Waals surface area contributed by atoms with Crippen molar-refractivity contribution in [1.29, 1.82) is 0 Å². The molecule has 2 atom stereocenters. The summed E-state index contributed by atoms with van der Waals surface area (Å²) in [6.07, 6.45) is 2.11. The molecule has 0 aliphatic carbocycles. The Bertz CT molecular complexity index is 1190. The van der Waals surface area contributed by atoms with Gasteiger partial charge in [-0.05, 0) is 44.4 Å². The molecular weight excluding hydrogens is 482 g/mol. The van der Waals surface area contributed by atoms with E-state index < -0.39 is 21.5 Å². The molecule has 0 bridgehead atoms. The first-order chi connectivity index (χ1) is 16.3. The fourth-order valence-corrected chi connectivity index (χ4v) is 4.30. The van der Waals surface area contributed by atoms with Gasteiger partial charge in [-0.3, -0.25) is 0 Å². The van der Waals surface area contributed by atoms with Gasteiger partial charge < -0.3 is 19.7 Å². The number of carbonyl (C=O) groups excluding carboxylic acids is 1. The largest absolute Gasteiger partial charge is 0.475 e. The normalized spacial score (nSPS) is 20.6. The van der Waals surface area contributed by atoms with Gasteiger partial charge in [-0.25, -0.2) is 22.6 Å². The smallest absolute Gasteiger partial charge is 0.410 e. The Kier molecular flexibility index (Phi) is 7.83. The van der Waals surface area contributed by atoms with Crippen molar-refractivity contribution in [2.75, 3.05) is 31.3 Å². The van der Waals surface area contributed by atoms with E-state index in [4.69, 9.17) is 9.47 Å². The van der Waals surface area contributed by atoms with Crippen molar-refractivity contribution in [2.24, 2.45) is 11.3 Å². The highest BCUT2D eigenvalue weighted by Crippen LogP contribution is 2.37. The van der Waals surface area contributed by atoms with Crippen LogP contribution in [-0.4, -0.2) is 61.4 Å². The lowest BCUT2D eigenvalue weighted by Crippen LogP contribution is -2.50. The van der Waals surface area contributed by atoms with Crippen LogP contribution in [0, 0.1) is 23.0 Å². The maximum atomic E-state index is 15.0. The van der Waals surface area contributed by atoms with Crippen LogP contribution in [0.1, 0.15) is 34.1 Å². The summed E-state index contributed by atoms with van der Waals surface area (Å²) in [6, 6.07) is 3.25. The first-order valence-corrected chi connectivity index (χ1v) is 13.0. The standard InChI is InChI=1S/C23H30F2N4O5S/c1-14(2)34-22(30)29-9-8-23(4,15(3)11-29)12-33-21-19(25)20(26-13-27-21)28-18-7-6-16(10-17(18)24)35(5,31)32/h6-7,10,13-15H,8-9,11-12H2,1-5H3,(H,26,27,28). The molecule has 9 nitrogen and oxygen atoms in total. The zero-order valence-electron chi connectivity index (χ0n) is 20.3. The fourth-order valence-electron chi connectivity index (χ4n) is 3.67. The summed E-state index contributed by atoms with van der Waals surface area (Å²) >= 11 is 0.